The molecule has 0 spiro atoms. The summed E-state index contributed by atoms with van der Waals surface area (Å²) in [4.78, 5) is 25.4. The second-order valence-electron chi connectivity index (χ2n) is 5.31. The molecule has 88 valence electrons. The number of carbonyl (C=O) groups is 2. The number of nitrogens with one attached hydrogen (secondary N) is 1. The van der Waals surface area contributed by atoms with Gasteiger partial charge in [0.1, 0.15) is 0 Å². The lowest BCUT2D eigenvalue weighted by molar-refractivity contribution is -0.128. The van der Waals surface area contributed by atoms with Gasteiger partial charge in [-0.05, 0) is 25.7 Å². The zero-order valence-corrected chi connectivity index (χ0v) is 9.45. The van der Waals surface area contributed by atoms with Gasteiger partial charge in [0.2, 0.25) is 11.8 Å². The Morgan fingerprint density at radius 1 is 1.25 bits per heavy atom. The molecule has 0 bridgehead atoms. The Hall–Kier alpha value is -1.06. The van der Waals surface area contributed by atoms with Crippen molar-refractivity contribution in [2.24, 2.45) is 5.92 Å². The molecule has 0 radical (unpaired) electrons. The average molecular weight is 222 g/mol. The van der Waals surface area contributed by atoms with Crippen molar-refractivity contribution in [3.8, 4) is 0 Å². The van der Waals surface area contributed by atoms with Gasteiger partial charge in [-0.2, -0.15) is 0 Å². The van der Waals surface area contributed by atoms with Crippen molar-refractivity contribution >= 4 is 11.8 Å². The molecule has 0 aromatic heterocycles. The van der Waals surface area contributed by atoms with Gasteiger partial charge in [0.05, 0.1) is 6.04 Å². The first kappa shape index (κ1) is 10.1. The highest BCUT2D eigenvalue weighted by Crippen LogP contribution is 2.31. The van der Waals surface area contributed by atoms with Crippen LogP contribution in [-0.2, 0) is 9.59 Å². The second-order valence-corrected chi connectivity index (χ2v) is 5.31. The van der Waals surface area contributed by atoms with Crippen molar-refractivity contribution in [3.05, 3.63) is 0 Å². The van der Waals surface area contributed by atoms with E-state index in [2.05, 4.69) is 5.32 Å². The first-order chi connectivity index (χ1) is 7.74. The molecule has 16 heavy (non-hydrogen) atoms. The van der Waals surface area contributed by atoms with Crippen molar-refractivity contribution in [3.63, 3.8) is 0 Å². The minimum Gasteiger partial charge on any atom is -0.351 e. The number of hydrogen-bond donors (Lipinski definition) is 1. The average Bonchev–Trinajstić information content (AvgIpc) is 2.89. The van der Waals surface area contributed by atoms with E-state index in [1.165, 1.54) is 6.42 Å². The van der Waals surface area contributed by atoms with Crippen LogP contribution >= 0.6 is 0 Å². The van der Waals surface area contributed by atoms with Crippen molar-refractivity contribution < 1.29 is 9.59 Å². The van der Waals surface area contributed by atoms with Crippen LogP contribution in [0.1, 0.15) is 38.5 Å². The molecule has 1 saturated heterocycles. The fraction of sp³-hybridized carbons (Fsp3) is 0.833. The lowest BCUT2D eigenvalue weighted by Crippen LogP contribution is -2.42. The molecular formula is C12H18N2O2. The zero-order chi connectivity index (χ0) is 11.1. The third-order valence-corrected chi connectivity index (χ3v) is 3.97. The van der Waals surface area contributed by atoms with E-state index in [1.54, 1.807) is 0 Å². The van der Waals surface area contributed by atoms with Gasteiger partial charge in [0, 0.05) is 24.9 Å². The van der Waals surface area contributed by atoms with E-state index < -0.39 is 0 Å². The van der Waals surface area contributed by atoms with Gasteiger partial charge >= 0.3 is 0 Å². The molecule has 2 aliphatic carbocycles. The van der Waals surface area contributed by atoms with Gasteiger partial charge in [-0.25, -0.2) is 0 Å². The summed E-state index contributed by atoms with van der Waals surface area (Å²) < 4.78 is 0. The third-order valence-electron chi connectivity index (χ3n) is 3.97. The van der Waals surface area contributed by atoms with Crippen LogP contribution in [0.15, 0.2) is 0 Å². The Balaban J connectivity index is 1.52. The Kier molecular flexibility index (Phi) is 2.37. The first-order valence-electron chi connectivity index (χ1n) is 6.34. The summed E-state index contributed by atoms with van der Waals surface area (Å²) in [6, 6.07) is 0.555. The van der Waals surface area contributed by atoms with Gasteiger partial charge in [0.15, 0.2) is 0 Å². The molecule has 4 nitrogen and oxygen atoms in total. The summed E-state index contributed by atoms with van der Waals surface area (Å²) in [6.07, 6.45) is 6.03. The molecule has 1 aliphatic heterocycles. The number of nitrogens with zero attached hydrogens (tertiary/aromatic N) is 1. The highest BCUT2D eigenvalue weighted by atomic mass is 16.2. The molecule has 4 heteroatoms. The molecule has 2 saturated carbocycles. The summed E-state index contributed by atoms with van der Waals surface area (Å²) in [6.45, 7) is 0.738. The molecule has 0 aromatic rings. The maximum atomic E-state index is 11.7. The van der Waals surface area contributed by atoms with E-state index >= 15 is 0 Å². The maximum Gasteiger partial charge on any atom is 0.225 e. The van der Waals surface area contributed by atoms with E-state index in [0.717, 1.165) is 32.2 Å². The number of likely N-dealkylation sites (tertiary alicyclic amines) is 1. The Morgan fingerprint density at radius 3 is 2.56 bits per heavy atom. The van der Waals surface area contributed by atoms with Crippen LogP contribution < -0.4 is 5.32 Å². The molecule has 0 aromatic carbocycles. The minimum atomic E-state index is 0.0706. The molecule has 3 fully saturated rings. The monoisotopic (exact) mass is 222 g/mol. The SMILES string of the molecule is O=C(N[C@@H]1CC(=O)N(C2CC2)C1)C1CCC1. The van der Waals surface area contributed by atoms with Crippen molar-refractivity contribution in [2.45, 2.75) is 50.6 Å². The summed E-state index contributed by atoms with van der Waals surface area (Å²) >= 11 is 0. The minimum absolute atomic E-state index is 0.0706. The zero-order valence-electron chi connectivity index (χ0n) is 9.45. The van der Waals surface area contributed by atoms with E-state index in [-0.39, 0.29) is 23.8 Å². The topological polar surface area (TPSA) is 49.4 Å². The van der Waals surface area contributed by atoms with Crippen molar-refractivity contribution in [1.29, 1.82) is 0 Å². The van der Waals surface area contributed by atoms with E-state index in [1.807, 2.05) is 4.90 Å². The largest absolute Gasteiger partial charge is 0.351 e. The summed E-state index contributed by atoms with van der Waals surface area (Å²) in [7, 11) is 0. The molecule has 3 rings (SSSR count). The fourth-order valence-electron chi connectivity index (χ4n) is 2.56. The second kappa shape index (κ2) is 3.75. The molecule has 2 amide bonds. The van der Waals surface area contributed by atoms with E-state index in [0.29, 0.717) is 12.5 Å². The summed E-state index contributed by atoms with van der Waals surface area (Å²) in [5.41, 5.74) is 0. The number of rotatable bonds is 3. The highest BCUT2D eigenvalue weighted by Gasteiger charge is 2.40. The lowest BCUT2D eigenvalue weighted by atomic mass is 9.84. The smallest absolute Gasteiger partial charge is 0.225 e. The van der Waals surface area contributed by atoms with E-state index in [4.69, 9.17) is 0 Å². The summed E-state index contributed by atoms with van der Waals surface area (Å²) in [5.74, 6) is 0.619. The van der Waals surface area contributed by atoms with Crippen LogP contribution in [-0.4, -0.2) is 35.3 Å². The van der Waals surface area contributed by atoms with Crippen LogP contribution in [0.4, 0.5) is 0 Å². The molecule has 0 unspecified atom stereocenters. The predicted molar refractivity (Wildman–Crippen MR) is 58.6 cm³/mol. The van der Waals surface area contributed by atoms with E-state index in [9.17, 15) is 9.59 Å². The summed E-state index contributed by atoms with van der Waals surface area (Å²) in [5, 5.41) is 3.02. The normalized spacial score (nSPS) is 30.4. The van der Waals surface area contributed by atoms with Crippen LogP contribution in [0.25, 0.3) is 0 Å². The van der Waals surface area contributed by atoms with Crippen molar-refractivity contribution in [1.82, 2.24) is 10.2 Å². The fourth-order valence-corrected chi connectivity index (χ4v) is 2.56. The van der Waals surface area contributed by atoms with Gasteiger partial charge in [-0.1, -0.05) is 6.42 Å². The molecule has 1 atom stereocenters. The van der Waals surface area contributed by atoms with Crippen LogP contribution in [0, 0.1) is 5.92 Å². The standard InChI is InChI=1S/C12H18N2O2/c15-11-6-9(7-14(11)10-4-5-10)13-12(16)8-2-1-3-8/h8-10H,1-7H2,(H,13,16)/t9-/m1/s1. The molecule has 3 aliphatic rings. The van der Waals surface area contributed by atoms with Crippen LogP contribution in [0.2, 0.25) is 0 Å². The number of carbonyl (C=O) groups excluding carboxylic acids is 2. The number of amides is 2. The van der Waals surface area contributed by atoms with Gasteiger partial charge in [-0.15, -0.1) is 0 Å². The van der Waals surface area contributed by atoms with Crippen LogP contribution in [0.5, 0.6) is 0 Å². The van der Waals surface area contributed by atoms with Gasteiger partial charge in [0.25, 0.3) is 0 Å². The highest BCUT2D eigenvalue weighted by molar-refractivity contribution is 5.83. The van der Waals surface area contributed by atoms with Gasteiger partial charge < -0.3 is 10.2 Å². The number of hydrogen-bond acceptors (Lipinski definition) is 2. The molecular weight excluding hydrogens is 204 g/mol. The quantitative estimate of drug-likeness (QED) is 0.763. The molecule has 1 heterocycles. The first-order valence-corrected chi connectivity index (χ1v) is 6.34. The lowest BCUT2D eigenvalue weighted by Gasteiger charge is -2.26. The third kappa shape index (κ3) is 1.81. The van der Waals surface area contributed by atoms with Crippen LogP contribution in [0.3, 0.4) is 0 Å². The van der Waals surface area contributed by atoms with Crippen molar-refractivity contribution in [2.75, 3.05) is 6.54 Å². The Bertz CT molecular complexity index is 321. The molecule has 1 N–H and O–H groups in total. The Labute approximate surface area is 95.4 Å². The maximum absolute atomic E-state index is 11.7. The van der Waals surface area contributed by atoms with Gasteiger partial charge in [-0.3, -0.25) is 9.59 Å². The Morgan fingerprint density at radius 2 is 2.00 bits per heavy atom. The predicted octanol–water partition coefficient (Wildman–Crippen LogP) is 0.666.